The second-order valence-corrected chi connectivity index (χ2v) is 5.80. The molecule has 1 aliphatic carbocycles. The molecule has 4 rings (SSSR count). The molecule has 3 heterocycles. The summed E-state index contributed by atoms with van der Waals surface area (Å²) in [5.41, 5.74) is 9.62. The zero-order valence-electron chi connectivity index (χ0n) is 11.0. The van der Waals surface area contributed by atoms with Gasteiger partial charge in [0.15, 0.2) is 5.65 Å². The molecule has 0 bridgehead atoms. The quantitative estimate of drug-likeness (QED) is 0.837. The van der Waals surface area contributed by atoms with Crippen LogP contribution in [0.5, 0.6) is 0 Å². The highest BCUT2D eigenvalue weighted by Gasteiger charge is 2.32. The van der Waals surface area contributed by atoms with Gasteiger partial charge in [0.1, 0.15) is 0 Å². The van der Waals surface area contributed by atoms with E-state index in [-0.39, 0.29) is 0 Å². The van der Waals surface area contributed by atoms with Crippen LogP contribution in [-0.4, -0.2) is 31.6 Å². The molecule has 2 N–H and O–H groups in total. The van der Waals surface area contributed by atoms with Gasteiger partial charge in [-0.05, 0) is 25.3 Å². The molecule has 0 saturated heterocycles. The Kier molecular flexibility index (Phi) is 2.56. The van der Waals surface area contributed by atoms with Crippen molar-refractivity contribution in [3.63, 3.8) is 0 Å². The Bertz CT molecular complexity index is 605. The maximum atomic E-state index is 6.10. The van der Waals surface area contributed by atoms with Crippen molar-refractivity contribution in [1.82, 2.24) is 19.5 Å². The van der Waals surface area contributed by atoms with Crippen LogP contribution in [0.25, 0.3) is 5.65 Å². The molecule has 5 nitrogen and oxygen atoms in total. The van der Waals surface area contributed by atoms with Gasteiger partial charge in [-0.2, -0.15) is 5.10 Å². The molecule has 19 heavy (non-hydrogen) atoms. The first-order valence-corrected chi connectivity index (χ1v) is 7.12. The summed E-state index contributed by atoms with van der Waals surface area (Å²) in [4.78, 5) is 6.99. The molecule has 0 amide bonds. The summed E-state index contributed by atoms with van der Waals surface area (Å²) in [5.74, 6) is 0. The smallest absolute Gasteiger partial charge is 0.159 e. The molecule has 2 aliphatic rings. The lowest BCUT2D eigenvalue weighted by Crippen LogP contribution is -2.40. The number of aromatic nitrogens is 3. The highest BCUT2D eigenvalue weighted by Crippen LogP contribution is 2.31. The summed E-state index contributed by atoms with van der Waals surface area (Å²) in [6.45, 7) is 1.93. The van der Waals surface area contributed by atoms with Crippen molar-refractivity contribution in [1.29, 1.82) is 0 Å². The van der Waals surface area contributed by atoms with E-state index in [4.69, 9.17) is 5.73 Å². The zero-order valence-corrected chi connectivity index (χ0v) is 11.0. The van der Waals surface area contributed by atoms with Crippen molar-refractivity contribution in [3.05, 3.63) is 29.7 Å². The molecular weight excluding hydrogens is 238 g/mol. The van der Waals surface area contributed by atoms with Crippen LogP contribution in [0.2, 0.25) is 0 Å². The third-order valence-electron chi connectivity index (χ3n) is 4.49. The van der Waals surface area contributed by atoms with Gasteiger partial charge in [-0.15, -0.1) is 0 Å². The monoisotopic (exact) mass is 257 g/mol. The van der Waals surface area contributed by atoms with Gasteiger partial charge in [0.25, 0.3) is 0 Å². The van der Waals surface area contributed by atoms with E-state index >= 15 is 0 Å². The van der Waals surface area contributed by atoms with E-state index < -0.39 is 0 Å². The minimum absolute atomic E-state index is 0.380. The standard InChI is InChI=1S/C14H19N5/c15-10-3-1-4-11(7-10)18-8-12-13(9-18)17-19-6-2-5-16-14(12)19/h2,5-6,10-11H,1,3-4,7-9,15H2/t10-,11?/m1/s1. The fourth-order valence-electron chi connectivity index (χ4n) is 3.51. The average Bonchev–Trinajstić information content (AvgIpc) is 2.96. The maximum absolute atomic E-state index is 6.10. The van der Waals surface area contributed by atoms with Gasteiger partial charge in [0, 0.05) is 43.1 Å². The SMILES string of the molecule is N[C@@H]1CCCC(N2Cc3nn4cccnc4c3C2)C1. The lowest BCUT2D eigenvalue weighted by Gasteiger charge is -2.33. The van der Waals surface area contributed by atoms with E-state index in [1.165, 1.54) is 30.5 Å². The maximum Gasteiger partial charge on any atom is 0.159 e. The van der Waals surface area contributed by atoms with Crippen LogP contribution in [0, 0.1) is 0 Å². The fraction of sp³-hybridized carbons (Fsp3) is 0.571. The zero-order chi connectivity index (χ0) is 12.8. The van der Waals surface area contributed by atoms with Crippen LogP contribution >= 0.6 is 0 Å². The van der Waals surface area contributed by atoms with E-state index in [1.807, 2.05) is 23.0 Å². The predicted molar refractivity (Wildman–Crippen MR) is 72.5 cm³/mol. The summed E-state index contributed by atoms with van der Waals surface area (Å²) in [5, 5.41) is 4.64. The van der Waals surface area contributed by atoms with Gasteiger partial charge in [-0.25, -0.2) is 9.50 Å². The molecule has 1 unspecified atom stereocenters. The molecule has 0 aromatic carbocycles. The molecule has 5 heteroatoms. The topological polar surface area (TPSA) is 59.5 Å². The van der Waals surface area contributed by atoms with Crippen LogP contribution in [0.3, 0.4) is 0 Å². The highest BCUT2D eigenvalue weighted by molar-refractivity contribution is 5.51. The first-order chi connectivity index (χ1) is 9.31. The van der Waals surface area contributed by atoms with Gasteiger partial charge in [-0.3, -0.25) is 4.90 Å². The summed E-state index contributed by atoms with van der Waals surface area (Å²) in [7, 11) is 0. The predicted octanol–water partition coefficient (Wildman–Crippen LogP) is 1.31. The van der Waals surface area contributed by atoms with E-state index in [0.29, 0.717) is 12.1 Å². The van der Waals surface area contributed by atoms with Crippen molar-refractivity contribution in [2.75, 3.05) is 0 Å². The molecule has 1 saturated carbocycles. The Balaban J connectivity index is 1.60. The Hall–Kier alpha value is -1.46. The third-order valence-corrected chi connectivity index (χ3v) is 4.49. The van der Waals surface area contributed by atoms with E-state index in [9.17, 15) is 0 Å². The van der Waals surface area contributed by atoms with Crippen LogP contribution in [-0.2, 0) is 13.1 Å². The van der Waals surface area contributed by atoms with Gasteiger partial charge in [-0.1, -0.05) is 6.42 Å². The van der Waals surface area contributed by atoms with Gasteiger partial charge < -0.3 is 5.73 Å². The number of hydrogen-bond acceptors (Lipinski definition) is 4. The third kappa shape index (κ3) is 1.84. The number of rotatable bonds is 1. The van der Waals surface area contributed by atoms with Crippen molar-refractivity contribution < 1.29 is 0 Å². The first-order valence-electron chi connectivity index (χ1n) is 7.12. The van der Waals surface area contributed by atoms with Crippen molar-refractivity contribution in [2.24, 2.45) is 5.73 Å². The molecule has 2 atom stereocenters. The Morgan fingerprint density at radius 1 is 1.26 bits per heavy atom. The van der Waals surface area contributed by atoms with Gasteiger partial charge in [0.2, 0.25) is 0 Å². The molecular formula is C14H19N5. The van der Waals surface area contributed by atoms with Crippen molar-refractivity contribution >= 4 is 5.65 Å². The van der Waals surface area contributed by atoms with Crippen molar-refractivity contribution in [2.45, 2.75) is 50.9 Å². The van der Waals surface area contributed by atoms with Crippen LogP contribution in [0.15, 0.2) is 18.5 Å². The molecule has 0 radical (unpaired) electrons. The molecule has 1 aliphatic heterocycles. The van der Waals surface area contributed by atoms with E-state index in [2.05, 4.69) is 15.0 Å². The molecule has 100 valence electrons. The summed E-state index contributed by atoms with van der Waals surface area (Å²) < 4.78 is 1.90. The average molecular weight is 257 g/mol. The molecule has 0 spiro atoms. The molecule has 2 aromatic rings. The minimum atomic E-state index is 0.380. The van der Waals surface area contributed by atoms with Crippen LogP contribution < -0.4 is 5.73 Å². The summed E-state index contributed by atoms with van der Waals surface area (Å²) in [6.07, 6.45) is 8.66. The number of hydrogen-bond donors (Lipinski definition) is 1. The van der Waals surface area contributed by atoms with Crippen molar-refractivity contribution in [3.8, 4) is 0 Å². The lowest BCUT2D eigenvalue weighted by atomic mass is 9.91. The lowest BCUT2D eigenvalue weighted by molar-refractivity contribution is 0.146. The summed E-state index contributed by atoms with van der Waals surface area (Å²) >= 11 is 0. The summed E-state index contributed by atoms with van der Waals surface area (Å²) in [6, 6.07) is 2.93. The Morgan fingerprint density at radius 3 is 3.11 bits per heavy atom. The Morgan fingerprint density at radius 2 is 2.21 bits per heavy atom. The normalized spacial score (nSPS) is 27.8. The largest absolute Gasteiger partial charge is 0.328 e. The van der Waals surface area contributed by atoms with E-state index in [0.717, 1.165) is 25.2 Å². The molecule has 2 aromatic heterocycles. The number of fused-ring (bicyclic) bond motifs is 3. The highest BCUT2D eigenvalue weighted by atomic mass is 15.3. The second-order valence-electron chi connectivity index (χ2n) is 5.80. The van der Waals surface area contributed by atoms with Crippen LogP contribution in [0.1, 0.15) is 36.9 Å². The fourth-order valence-corrected chi connectivity index (χ4v) is 3.51. The van der Waals surface area contributed by atoms with Gasteiger partial charge in [0.05, 0.1) is 5.69 Å². The van der Waals surface area contributed by atoms with Crippen LogP contribution in [0.4, 0.5) is 0 Å². The Labute approximate surface area is 112 Å². The minimum Gasteiger partial charge on any atom is -0.328 e. The molecule has 1 fully saturated rings. The van der Waals surface area contributed by atoms with E-state index in [1.54, 1.807) is 0 Å². The van der Waals surface area contributed by atoms with Gasteiger partial charge >= 0.3 is 0 Å². The first kappa shape index (κ1) is 11.4. The second kappa shape index (κ2) is 4.28. The number of nitrogens with zero attached hydrogens (tertiary/aromatic N) is 4. The number of nitrogens with two attached hydrogens (primary N) is 1.